The molecule has 0 bridgehead atoms. The average Bonchev–Trinajstić information content (AvgIpc) is 2.69. The molecule has 1 atom stereocenters. The van der Waals surface area contributed by atoms with Gasteiger partial charge in [0.05, 0.1) is 7.11 Å². The third-order valence-electron chi connectivity index (χ3n) is 3.71. The number of hydrogen-bond acceptors (Lipinski definition) is 3. The van der Waals surface area contributed by atoms with Crippen molar-refractivity contribution in [2.45, 2.75) is 10.3 Å². The molecule has 0 fully saturated rings. The first kappa shape index (κ1) is 17.1. The number of hydrogen-bond donors (Lipinski definition) is 1. The van der Waals surface area contributed by atoms with Crippen molar-refractivity contribution in [3.63, 3.8) is 0 Å². The van der Waals surface area contributed by atoms with Crippen molar-refractivity contribution >= 4 is 17.7 Å². The normalized spacial score (nSPS) is 11.6. The van der Waals surface area contributed by atoms with Gasteiger partial charge in [0, 0.05) is 10.5 Å². The van der Waals surface area contributed by atoms with Crippen LogP contribution in [0.5, 0.6) is 5.75 Å². The molecule has 1 amide bonds. The van der Waals surface area contributed by atoms with E-state index in [0.29, 0.717) is 5.56 Å². The molecular formula is C21H19NO2S. The molecule has 3 aromatic carbocycles. The van der Waals surface area contributed by atoms with Crippen LogP contribution in [0, 0.1) is 0 Å². The fourth-order valence-electron chi connectivity index (χ4n) is 2.39. The first-order chi connectivity index (χ1) is 12.3. The Hall–Kier alpha value is -2.72. The van der Waals surface area contributed by atoms with Crippen LogP contribution in [0.2, 0.25) is 0 Å². The number of rotatable bonds is 6. The molecule has 0 aliphatic carbocycles. The summed E-state index contributed by atoms with van der Waals surface area (Å²) in [5.74, 6) is 0.726. The van der Waals surface area contributed by atoms with E-state index in [1.807, 2.05) is 84.9 Å². The van der Waals surface area contributed by atoms with E-state index in [-0.39, 0.29) is 11.3 Å². The van der Waals surface area contributed by atoms with Crippen molar-refractivity contribution in [2.24, 2.45) is 0 Å². The zero-order chi connectivity index (χ0) is 17.5. The third-order valence-corrected chi connectivity index (χ3v) is 4.88. The minimum absolute atomic E-state index is 0.0875. The van der Waals surface area contributed by atoms with E-state index in [1.165, 1.54) is 0 Å². The summed E-state index contributed by atoms with van der Waals surface area (Å²) < 4.78 is 5.20. The zero-order valence-corrected chi connectivity index (χ0v) is 14.7. The number of thioether (sulfide) groups is 1. The second-order valence-corrected chi connectivity index (χ2v) is 6.60. The third kappa shape index (κ3) is 4.64. The van der Waals surface area contributed by atoms with E-state index in [4.69, 9.17) is 4.74 Å². The van der Waals surface area contributed by atoms with E-state index in [2.05, 4.69) is 5.32 Å². The van der Waals surface area contributed by atoms with Crippen LogP contribution in [0.3, 0.4) is 0 Å². The van der Waals surface area contributed by atoms with Crippen LogP contribution in [0.4, 0.5) is 0 Å². The molecule has 25 heavy (non-hydrogen) atoms. The molecule has 3 rings (SSSR count). The molecule has 3 aromatic rings. The average molecular weight is 349 g/mol. The van der Waals surface area contributed by atoms with Crippen molar-refractivity contribution in [1.82, 2.24) is 5.32 Å². The second kappa shape index (κ2) is 8.40. The Morgan fingerprint density at radius 3 is 2.08 bits per heavy atom. The maximum Gasteiger partial charge on any atom is 0.252 e. The van der Waals surface area contributed by atoms with Crippen LogP contribution in [-0.4, -0.2) is 13.0 Å². The Labute approximate surface area is 152 Å². The number of carbonyl (C=O) groups is 1. The maximum atomic E-state index is 12.6. The van der Waals surface area contributed by atoms with E-state index in [9.17, 15) is 4.79 Å². The Kier molecular flexibility index (Phi) is 5.75. The highest BCUT2D eigenvalue weighted by Gasteiger charge is 2.17. The molecule has 1 N–H and O–H groups in total. The number of carbonyl (C=O) groups excluding carboxylic acids is 1. The second-order valence-electron chi connectivity index (χ2n) is 5.42. The van der Waals surface area contributed by atoms with Gasteiger partial charge in [0.25, 0.3) is 5.91 Å². The number of ether oxygens (including phenoxy) is 1. The topological polar surface area (TPSA) is 38.3 Å². The fourth-order valence-corrected chi connectivity index (χ4v) is 3.42. The highest BCUT2D eigenvalue weighted by Crippen LogP contribution is 2.34. The van der Waals surface area contributed by atoms with Gasteiger partial charge in [-0.15, -0.1) is 0 Å². The molecule has 0 aliphatic heterocycles. The van der Waals surface area contributed by atoms with Gasteiger partial charge in [-0.2, -0.15) is 0 Å². The smallest absolute Gasteiger partial charge is 0.252 e. The molecule has 0 heterocycles. The molecule has 0 aromatic heterocycles. The molecule has 3 nitrogen and oxygen atoms in total. The van der Waals surface area contributed by atoms with Gasteiger partial charge < -0.3 is 10.1 Å². The van der Waals surface area contributed by atoms with E-state index < -0.39 is 0 Å². The van der Waals surface area contributed by atoms with Gasteiger partial charge in [0.2, 0.25) is 0 Å². The summed E-state index contributed by atoms with van der Waals surface area (Å²) >= 11 is 1.60. The lowest BCUT2D eigenvalue weighted by molar-refractivity contribution is 0.0949. The molecule has 0 saturated heterocycles. The lowest BCUT2D eigenvalue weighted by atomic mass is 10.2. The van der Waals surface area contributed by atoms with E-state index in [0.717, 1.165) is 16.2 Å². The summed E-state index contributed by atoms with van der Waals surface area (Å²) in [7, 11) is 1.65. The van der Waals surface area contributed by atoms with Crippen molar-refractivity contribution in [1.29, 1.82) is 0 Å². The Morgan fingerprint density at radius 2 is 1.48 bits per heavy atom. The van der Waals surface area contributed by atoms with Gasteiger partial charge in [-0.1, -0.05) is 60.3 Å². The number of benzene rings is 3. The summed E-state index contributed by atoms with van der Waals surface area (Å²) in [6.45, 7) is 0. The first-order valence-electron chi connectivity index (χ1n) is 7.98. The molecule has 126 valence electrons. The van der Waals surface area contributed by atoms with Crippen LogP contribution in [0.25, 0.3) is 0 Å². The summed E-state index contributed by atoms with van der Waals surface area (Å²) in [6, 6.07) is 27.1. The van der Waals surface area contributed by atoms with Gasteiger partial charge in [-0.25, -0.2) is 0 Å². The largest absolute Gasteiger partial charge is 0.497 e. The molecule has 4 heteroatoms. The van der Waals surface area contributed by atoms with Crippen molar-refractivity contribution in [3.05, 3.63) is 96.1 Å². The van der Waals surface area contributed by atoms with Crippen molar-refractivity contribution in [2.75, 3.05) is 7.11 Å². The van der Waals surface area contributed by atoms with Crippen LogP contribution in [0.15, 0.2) is 89.8 Å². The lowest BCUT2D eigenvalue weighted by Crippen LogP contribution is -2.26. The minimum Gasteiger partial charge on any atom is -0.497 e. The Balaban J connectivity index is 1.81. The monoisotopic (exact) mass is 349 g/mol. The van der Waals surface area contributed by atoms with Crippen LogP contribution >= 0.6 is 11.8 Å². The predicted octanol–water partition coefficient (Wildman–Crippen LogP) is 4.92. The Morgan fingerprint density at radius 1 is 0.880 bits per heavy atom. The van der Waals surface area contributed by atoms with Crippen LogP contribution < -0.4 is 10.1 Å². The lowest BCUT2D eigenvalue weighted by Gasteiger charge is -2.19. The van der Waals surface area contributed by atoms with Gasteiger partial charge in [-0.3, -0.25) is 4.79 Å². The first-order valence-corrected chi connectivity index (χ1v) is 8.86. The Bertz CT molecular complexity index is 804. The molecule has 0 aliphatic rings. The van der Waals surface area contributed by atoms with Gasteiger partial charge in [0.15, 0.2) is 0 Å². The van der Waals surface area contributed by atoms with E-state index >= 15 is 0 Å². The number of methoxy groups -OCH3 is 1. The maximum absolute atomic E-state index is 12.6. The standard InChI is InChI=1S/C21H19NO2S/c1-24-18-12-14-19(15-13-18)25-21(17-10-6-3-7-11-17)22-20(23)16-8-4-2-5-9-16/h2-15,21H,1H3,(H,22,23). The molecule has 0 spiro atoms. The quantitative estimate of drug-likeness (QED) is 0.507. The van der Waals surface area contributed by atoms with E-state index in [1.54, 1.807) is 18.9 Å². The molecular weight excluding hydrogens is 330 g/mol. The minimum atomic E-state index is -0.178. The predicted molar refractivity (Wildman–Crippen MR) is 102 cm³/mol. The molecule has 0 saturated carbocycles. The van der Waals surface area contributed by atoms with Gasteiger partial charge in [0.1, 0.15) is 11.1 Å². The summed E-state index contributed by atoms with van der Waals surface area (Å²) in [5, 5.41) is 2.94. The highest BCUT2D eigenvalue weighted by atomic mass is 32.2. The van der Waals surface area contributed by atoms with Gasteiger partial charge in [-0.05, 0) is 42.0 Å². The summed E-state index contributed by atoms with van der Waals surface area (Å²) in [6.07, 6.45) is 0. The number of amides is 1. The molecule has 0 radical (unpaired) electrons. The highest BCUT2D eigenvalue weighted by molar-refractivity contribution is 7.99. The fraction of sp³-hybridized carbons (Fsp3) is 0.0952. The summed E-state index contributed by atoms with van der Waals surface area (Å²) in [4.78, 5) is 13.6. The zero-order valence-electron chi connectivity index (χ0n) is 13.9. The number of nitrogens with one attached hydrogen (secondary N) is 1. The van der Waals surface area contributed by atoms with Crippen molar-refractivity contribution in [3.8, 4) is 5.75 Å². The summed E-state index contributed by atoms with van der Waals surface area (Å²) in [5.41, 5.74) is 1.70. The van der Waals surface area contributed by atoms with Crippen LogP contribution in [-0.2, 0) is 0 Å². The SMILES string of the molecule is COc1ccc(SC(NC(=O)c2ccccc2)c2ccccc2)cc1. The van der Waals surface area contributed by atoms with Gasteiger partial charge >= 0.3 is 0 Å². The molecule has 1 unspecified atom stereocenters. The van der Waals surface area contributed by atoms with Crippen LogP contribution in [0.1, 0.15) is 21.3 Å². The van der Waals surface area contributed by atoms with Crippen molar-refractivity contribution < 1.29 is 9.53 Å².